The van der Waals surface area contributed by atoms with Gasteiger partial charge in [-0.3, -0.25) is 0 Å². The van der Waals surface area contributed by atoms with Crippen LogP contribution in [0.5, 0.6) is 0 Å². The van der Waals surface area contributed by atoms with E-state index < -0.39 is 0 Å². The SMILES string of the molecule is CCC1CCCC(N2CCCNC2=O)C1. The molecule has 2 rings (SSSR count). The number of nitrogens with one attached hydrogen (secondary N) is 1. The predicted molar refractivity (Wildman–Crippen MR) is 60.8 cm³/mol. The highest BCUT2D eigenvalue weighted by Crippen LogP contribution is 2.30. The molecule has 1 heterocycles. The van der Waals surface area contributed by atoms with Gasteiger partial charge in [-0.1, -0.05) is 26.2 Å². The van der Waals surface area contributed by atoms with Crippen molar-refractivity contribution < 1.29 is 4.79 Å². The van der Waals surface area contributed by atoms with E-state index >= 15 is 0 Å². The minimum atomic E-state index is 0.169. The van der Waals surface area contributed by atoms with Crippen LogP contribution in [0, 0.1) is 5.92 Å². The van der Waals surface area contributed by atoms with Gasteiger partial charge < -0.3 is 10.2 Å². The molecule has 86 valence electrons. The molecule has 0 bridgehead atoms. The van der Waals surface area contributed by atoms with Crippen molar-refractivity contribution in [3.8, 4) is 0 Å². The summed E-state index contributed by atoms with van der Waals surface area (Å²) in [6.07, 6.45) is 7.48. The molecule has 1 aliphatic carbocycles. The van der Waals surface area contributed by atoms with Gasteiger partial charge in [-0.05, 0) is 25.2 Å². The summed E-state index contributed by atoms with van der Waals surface area (Å²) in [5, 5.41) is 2.95. The first-order valence-corrected chi connectivity index (χ1v) is 6.35. The number of hydrogen-bond donors (Lipinski definition) is 1. The molecule has 1 saturated heterocycles. The van der Waals surface area contributed by atoms with Crippen LogP contribution in [0.15, 0.2) is 0 Å². The van der Waals surface area contributed by atoms with Crippen molar-refractivity contribution in [1.29, 1.82) is 0 Å². The van der Waals surface area contributed by atoms with Crippen LogP contribution in [-0.4, -0.2) is 30.1 Å². The van der Waals surface area contributed by atoms with Crippen molar-refractivity contribution in [2.24, 2.45) is 5.92 Å². The van der Waals surface area contributed by atoms with E-state index in [4.69, 9.17) is 0 Å². The summed E-state index contributed by atoms with van der Waals surface area (Å²) in [5.74, 6) is 0.846. The average Bonchev–Trinajstić information content (AvgIpc) is 2.30. The van der Waals surface area contributed by atoms with Gasteiger partial charge in [0.05, 0.1) is 0 Å². The number of amides is 2. The van der Waals surface area contributed by atoms with Crippen molar-refractivity contribution in [3.63, 3.8) is 0 Å². The number of carbonyl (C=O) groups excluding carboxylic acids is 1. The molecular formula is C12H22N2O. The number of urea groups is 1. The second-order valence-corrected chi connectivity index (χ2v) is 4.87. The predicted octanol–water partition coefficient (Wildman–Crippen LogP) is 2.37. The fourth-order valence-electron chi connectivity index (χ4n) is 2.91. The van der Waals surface area contributed by atoms with Crippen LogP contribution in [0.25, 0.3) is 0 Å². The van der Waals surface area contributed by atoms with Crippen LogP contribution in [0.4, 0.5) is 4.79 Å². The Morgan fingerprint density at radius 3 is 3.00 bits per heavy atom. The normalized spacial score (nSPS) is 32.6. The van der Waals surface area contributed by atoms with Gasteiger partial charge in [0.15, 0.2) is 0 Å². The highest BCUT2D eigenvalue weighted by Gasteiger charge is 2.30. The van der Waals surface area contributed by atoms with Crippen molar-refractivity contribution in [3.05, 3.63) is 0 Å². The molecule has 0 radical (unpaired) electrons. The molecule has 0 aromatic heterocycles. The smallest absolute Gasteiger partial charge is 0.317 e. The lowest BCUT2D eigenvalue weighted by Gasteiger charge is -2.39. The van der Waals surface area contributed by atoms with E-state index in [0.29, 0.717) is 6.04 Å². The Morgan fingerprint density at radius 1 is 1.40 bits per heavy atom. The number of rotatable bonds is 2. The zero-order chi connectivity index (χ0) is 10.7. The summed E-state index contributed by atoms with van der Waals surface area (Å²) >= 11 is 0. The molecule has 2 aliphatic rings. The quantitative estimate of drug-likeness (QED) is 0.745. The Morgan fingerprint density at radius 2 is 2.27 bits per heavy atom. The van der Waals surface area contributed by atoms with Gasteiger partial charge >= 0.3 is 6.03 Å². The second kappa shape index (κ2) is 4.86. The minimum absolute atomic E-state index is 0.169. The zero-order valence-corrected chi connectivity index (χ0v) is 9.67. The molecule has 1 saturated carbocycles. The van der Waals surface area contributed by atoms with Crippen molar-refractivity contribution >= 4 is 6.03 Å². The average molecular weight is 210 g/mol. The summed E-state index contributed by atoms with van der Waals surface area (Å²) in [4.78, 5) is 13.8. The summed E-state index contributed by atoms with van der Waals surface area (Å²) in [6, 6.07) is 0.687. The first kappa shape index (κ1) is 10.8. The molecule has 1 N–H and O–H groups in total. The molecule has 2 fully saturated rings. The Bertz CT molecular complexity index is 230. The van der Waals surface area contributed by atoms with Crippen molar-refractivity contribution in [2.45, 2.75) is 51.5 Å². The molecule has 1 aliphatic heterocycles. The fraction of sp³-hybridized carbons (Fsp3) is 0.917. The molecule has 3 heteroatoms. The topological polar surface area (TPSA) is 32.3 Å². The van der Waals surface area contributed by atoms with Crippen molar-refractivity contribution in [2.75, 3.05) is 13.1 Å². The maximum absolute atomic E-state index is 11.7. The largest absolute Gasteiger partial charge is 0.338 e. The van der Waals surface area contributed by atoms with E-state index in [0.717, 1.165) is 25.4 Å². The lowest BCUT2D eigenvalue weighted by molar-refractivity contribution is 0.126. The van der Waals surface area contributed by atoms with E-state index in [1.54, 1.807) is 0 Å². The van der Waals surface area contributed by atoms with Crippen molar-refractivity contribution in [1.82, 2.24) is 10.2 Å². The van der Waals surface area contributed by atoms with E-state index in [1.165, 1.54) is 32.1 Å². The van der Waals surface area contributed by atoms with Crippen LogP contribution >= 0.6 is 0 Å². The van der Waals surface area contributed by atoms with E-state index in [9.17, 15) is 4.79 Å². The lowest BCUT2D eigenvalue weighted by Crippen LogP contribution is -2.52. The van der Waals surface area contributed by atoms with Gasteiger partial charge in [-0.25, -0.2) is 4.79 Å². The Hall–Kier alpha value is -0.730. The van der Waals surface area contributed by atoms with Crippen LogP contribution < -0.4 is 5.32 Å². The molecule has 3 nitrogen and oxygen atoms in total. The summed E-state index contributed by atoms with van der Waals surface area (Å²) < 4.78 is 0. The van der Waals surface area contributed by atoms with E-state index in [1.807, 2.05) is 0 Å². The van der Waals surface area contributed by atoms with Crippen LogP contribution in [-0.2, 0) is 0 Å². The first-order chi connectivity index (χ1) is 7.31. The third-order valence-corrected chi connectivity index (χ3v) is 3.89. The van der Waals surface area contributed by atoms with Crippen LogP contribution in [0.1, 0.15) is 45.4 Å². The first-order valence-electron chi connectivity index (χ1n) is 6.35. The molecule has 2 amide bonds. The summed E-state index contributed by atoms with van der Waals surface area (Å²) in [6.45, 7) is 4.09. The summed E-state index contributed by atoms with van der Waals surface area (Å²) in [7, 11) is 0. The third-order valence-electron chi connectivity index (χ3n) is 3.89. The van der Waals surface area contributed by atoms with Gasteiger partial charge in [0, 0.05) is 19.1 Å². The van der Waals surface area contributed by atoms with Gasteiger partial charge in [-0.2, -0.15) is 0 Å². The maximum atomic E-state index is 11.7. The van der Waals surface area contributed by atoms with Gasteiger partial charge in [0.2, 0.25) is 0 Å². The van der Waals surface area contributed by atoms with Gasteiger partial charge in [0.25, 0.3) is 0 Å². The monoisotopic (exact) mass is 210 g/mol. The molecule has 2 atom stereocenters. The van der Waals surface area contributed by atoms with Gasteiger partial charge in [-0.15, -0.1) is 0 Å². The lowest BCUT2D eigenvalue weighted by atomic mass is 9.83. The molecule has 0 aromatic rings. The number of carbonyl (C=O) groups is 1. The van der Waals surface area contributed by atoms with E-state index in [-0.39, 0.29) is 6.03 Å². The number of hydrogen-bond acceptors (Lipinski definition) is 1. The van der Waals surface area contributed by atoms with Gasteiger partial charge in [0.1, 0.15) is 0 Å². The second-order valence-electron chi connectivity index (χ2n) is 4.87. The minimum Gasteiger partial charge on any atom is -0.338 e. The molecule has 15 heavy (non-hydrogen) atoms. The third kappa shape index (κ3) is 2.44. The van der Waals surface area contributed by atoms with Crippen LogP contribution in [0.3, 0.4) is 0 Å². The Kier molecular flexibility index (Phi) is 3.49. The highest BCUT2D eigenvalue weighted by atomic mass is 16.2. The molecule has 2 unspecified atom stereocenters. The molecular weight excluding hydrogens is 188 g/mol. The fourth-order valence-corrected chi connectivity index (χ4v) is 2.91. The van der Waals surface area contributed by atoms with Crippen LogP contribution in [0.2, 0.25) is 0 Å². The Balaban J connectivity index is 1.93. The zero-order valence-electron chi connectivity index (χ0n) is 9.67. The standard InChI is InChI=1S/C12H22N2O/c1-2-10-5-3-6-11(9-10)14-8-4-7-13-12(14)15/h10-11H,2-9H2,1H3,(H,13,15). The van der Waals surface area contributed by atoms with E-state index in [2.05, 4.69) is 17.1 Å². The maximum Gasteiger partial charge on any atom is 0.317 e. The number of nitrogens with zero attached hydrogens (tertiary/aromatic N) is 1. The molecule has 0 aromatic carbocycles. The highest BCUT2D eigenvalue weighted by molar-refractivity contribution is 5.75. The Labute approximate surface area is 92.2 Å². The molecule has 0 spiro atoms. The summed E-state index contributed by atoms with van der Waals surface area (Å²) in [5.41, 5.74) is 0.